The third kappa shape index (κ3) is 4.15. The quantitative estimate of drug-likeness (QED) is 0.781. The van der Waals surface area contributed by atoms with Crippen LogP contribution in [0.25, 0.3) is 0 Å². The van der Waals surface area contributed by atoms with E-state index in [1.54, 1.807) is 25.2 Å². The molecule has 1 rings (SSSR count). The molecule has 1 aromatic rings. The van der Waals surface area contributed by atoms with E-state index in [0.29, 0.717) is 10.0 Å². The Balaban J connectivity index is 2.96. The van der Waals surface area contributed by atoms with Crippen LogP contribution in [0.2, 0.25) is 10.0 Å². The molecule has 0 aromatic heterocycles. The minimum absolute atomic E-state index is 0.361. The summed E-state index contributed by atoms with van der Waals surface area (Å²) in [6.45, 7) is 5.77. The number of halogens is 2. The van der Waals surface area contributed by atoms with Crippen LogP contribution in [0.5, 0.6) is 0 Å². The molecule has 0 saturated heterocycles. The SMILES string of the molecule is CN(OC(C)(C)C)C(C#N)c1ccc(Cl)c(Cl)c1. The van der Waals surface area contributed by atoms with E-state index in [9.17, 15) is 5.26 Å². The topological polar surface area (TPSA) is 36.3 Å². The van der Waals surface area contributed by atoms with Gasteiger partial charge in [0.2, 0.25) is 0 Å². The highest BCUT2D eigenvalue weighted by Crippen LogP contribution is 2.28. The van der Waals surface area contributed by atoms with Gasteiger partial charge in [-0.15, -0.1) is 0 Å². The molecule has 0 saturated carbocycles. The lowest BCUT2D eigenvalue weighted by Gasteiger charge is -2.30. The van der Waals surface area contributed by atoms with E-state index in [2.05, 4.69) is 6.07 Å². The zero-order valence-corrected chi connectivity index (χ0v) is 12.4. The van der Waals surface area contributed by atoms with Crippen molar-refractivity contribution < 1.29 is 4.84 Å². The Labute approximate surface area is 118 Å². The molecule has 0 N–H and O–H groups in total. The van der Waals surface area contributed by atoms with Crippen molar-refractivity contribution in [3.8, 4) is 6.07 Å². The van der Waals surface area contributed by atoms with Crippen molar-refractivity contribution in [2.75, 3.05) is 7.05 Å². The maximum atomic E-state index is 9.26. The Hall–Kier alpha value is -0.790. The molecule has 3 nitrogen and oxygen atoms in total. The van der Waals surface area contributed by atoms with Crippen molar-refractivity contribution in [3.05, 3.63) is 33.8 Å². The van der Waals surface area contributed by atoms with Crippen LogP contribution in [0.15, 0.2) is 18.2 Å². The highest BCUT2D eigenvalue weighted by molar-refractivity contribution is 6.42. The predicted molar refractivity (Wildman–Crippen MR) is 73.4 cm³/mol. The van der Waals surface area contributed by atoms with Gasteiger partial charge in [0.1, 0.15) is 6.04 Å². The van der Waals surface area contributed by atoms with E-state index in [4.69, 9.17) is 28.0 Å². The normalized spacial score (nSPS) is 13.4. The summed E-state index contributed by atoms with van der Waals surface area (Å²) < 4.78 is 0. The second-order valence-electron chi connectivity index (χ2n) is 4.96. The standard InChI is InChI=1S/C13H16Cl2N2O/c1-13(2,3)18-17(4)12(8-16)9-5-6-10(14)11(15)7-9/h5-7,12H,1-4H3. The van der Waals surface area contributed by atoms with Gasteiger partial charge in [-0.1, -0.05) is 29.3 Å². The summed E-state index contributed by atoms with van der Waals surface area (Å²) in [4.78, 5) is 5.65. The molecule has 1 unspecified atom stereocenters. The molecular weight excluding hydrogens is 271 g/mol. The van der Waals surface area contributed by atoms with Crippen molar-refractivity contribution >= 4 is 23.2 Å². The molecular formula is C13H16Cl2N2O. The van der Waals surface area contributed by atoms with E-state index in [1.165, 1.54) is 5.06 Å². The van der Waals surface area contributed by atoms with E-state index in [-0.39, 0.29) is 5.60 Å². The second kappa shape index (κ2) is 5.90. The van der Waals surface area contributed by atoms with E-state index < -0.39 is 6.04 Å². The molecule has 1 aromatic carbocycles. The first-order valence-electron chi connectivity index (χ1n) is 5.51. The molecule has 0 bridgehead atoms. The van der Waals surface area contributed by atoms with Gasteiger partial charge in [0, 0.05) is 7.05 Å². The Morgan fingerprint density at radius 1 is 1.28 bits per heavy atom. The summed E-state index contributed by atoms with van der Waals surface area (Å²) in [6.07, 6.45) is 0. The average molecular weight is 287 g/mol. The van der Waals surface area contributed by atoms with Crippen LogP contribution >= 0.6 is 23.2 Å². The fourth-order valence-corrected chi connectivity index (χ4v) is 1.84. The van der Waals surface area contributed by atoms with Crippen LogP contribution in [0, 0.1) is 11.3 Å². The first-order valence-corrected chi connectivity index (χ1v) is 6.26. The van der Waals surface area contributed by atoms with Crippen LogP contribution in [0.3, 0.4) is 0 Å². The second-order valence-corrected chi connectivity index (χ2v) is 5.77. The summed E-state index contributed by atoms with van der Waals surface area (Å²) >= 11 is 11.8. The van der Waals surface area contributed by atoms with E-state index >= 15 is 0 Å². The third-order valence-corrected chi connectivity index (χ3v) is 2.90. The predicted octanol–water partition coefficient (Wildman–Crippen LogP) is 4.22. The first-order chi connectivity index (χ1) is 8.24. The van der Waals surface area contributed by atoms with Gasteiger partial charge in [0.15, 0.2) is 0 Å². The lowest BCUT2D eigenvalue weighted by atomic mass is 10.1. The molecule has 1 atom stereocenters. The van der Waals surface area contributed by atoms with Crippen molar-refractivity contribution in [3.63, 3.8) is 0 Å². The highest BCUT2D eigenvalue weighted by atomic mass is 35.5. The summed E-state index contributed by atoms with van der Waals surface area (Å²) in [6, 6.07) is 6.78. The van der Waals surface area contributed by atoms with Crippen molar-refractivity contribution in [2.45, 2.75) is 32.4 Å². The maximum absolute atomic E-state index is 9.26. The number of benzene rings is 1. The van der Waals surface area contributed by atoms with Crippen LogP contribution in [-0.2, 0) is 4.84 Å². The largest absolute Gasteiger partial charge is 0.292 e. The fourth-order valence-electron chi connectivity index (χ4n) is 1.53. The molecule has 0 aliphatic heterocycles. The average Bonchev–Trinajstić information content (AvgIpc) is 2.21. The molecule has 0 aliphatic carbocycles. The minimum atomic E-state index is -0.529. The summed E-state index contributed by atoms with van der Waals surface area (Å²) in [5.74, 6) is 0. The van der Waals surface area contributed by atoms with Gasteiger partial charge in [0.25, 0.3) is 0 Å². The minimum Gasteiger partial charge on any atom is -0.292 e. The fraction of sp³-hybridized carbons (Fsp3) is 0.462. The van der Waals surface area contributed by atoms with Crippen LogP contribution in [-0.4, -0.2) is 17.7 Å². The van der Waals surface area contributed by atoms with Gasteiger partial charge in [-0.3, -0.25) is 4.84 Å². The number of hydrogen-bond acceptors (Lipinski definition) is 3. The molecule has 0 amide bonds. The Kier molecular flexibility index (Phi) is 5.01. The Morgan fingerprint density at radius 3 is 2.33 bits per heavy atom. The van der Waals surface area contributed by atoms with Gasteiger partial charge in [-0.05, 0) is 38.5 Å². The monoisotopic (exact) mass is 286 g/mol. The van der Waals surface area contributed by atoms with Gasteiger partial charge in [-0.2, -0.15) is 10.3 Å². The van der Waals surface area contributed by atoms with Gasteiger partial charge in [-0.25, -0.2) is 0 Å². The number of hydroxylamine groups is 2. The molecule has 0 spiro atoms. The molecule has 0 radical (unpaired) electrons. The Bertz CT molecular complexity index is 463. The number of nitrogens with zero attached hydrogens (tertiary/aromatic N) is 2. The number of nitriles is 1. The lowest BCUT2D eigenvalue weighted by molar-refractivity contribution is -0.227. The third-order valence-electron chi connectivity index (χ3n) is 2.16. The first kappa shape index (κ1) is 15.3. The van der Waals surface area contributed by atoms with E-state index in [0.717, 1.165) is 5.56 Å². The van der Waals surface area contributed by atoms with Crippen molar-refractivity contribution in [1.29, 1.82) is 5.26 Å². The van der Waals surface area contributed by atoms with Gasteiger partial charge >= 0.3 is 0 Å². The summed E-state index contributed by atoms with van der Waals surface area (Å²) in [7, 11) is 1.72. The van der Waals surface area contributed by atoms with Gasteiger partial charge in [0.05, 0.1) is 21.7 Å². The Morgan fingerprint density at radius 2 is 1.89 bits per heavy atom. The molecule has 0 heterocycles. The molecule has 0 fully saturated rings. The van der Waals surface area contributed by atoms with Crippen LogP contribution < -0.4 is 0 Å². The zero-order valence-electron chi connectivity index (χ0n) is 10.9. The van der Waals surface area contributed by atoms with Crippen molar-refractivity contribution in [2.24, 2.45) is 0 Å². The van der Waals surface area contributed by atoms with Crippen molar-refractivity contribution in [1.82, 2.24) is 5.06 Å². The molecule has 0 aliphatic rings. The highest BCUT2D eigenvalue weighted by Gasteiger charge is 2.23. The molecule has 98 valence electrons. The number of hydrogen-bond donors (Lipinski definition) is 0. The maximum Gasteiger partial charge on any atom is 0.146 e. The van der Waals surface area contributed by atoms with E-state index in [1.807, 2.05) is 20.8 Å². The lowest BCUT2D eigenvalue weighted by Crippen LogP contribution is -2.33. The smallest absolute Gasteiger partial charge is 0.146 e. The summed E-state index contributed by atoms with van der Waals surface area (Å²) in [5, 5.41) is 11.7. The molecule has 18 heavy (non-hydrogen) atoms. The molecule has 5 heteroatoms. The zero-order chi connectivity index (χ0) is 13.9. The summed E-state index contributed by atoms with van der Waals surface area (Å²) in [5.41, 5.74) is 0.388. The number of rotatable bonds is 3. The van der Waals surface area contributed by atoms with Gasteiger partial charge < -0.3 is 0 Å². The van der Waals surface area contributed by atoms with Crippen LogP contribution in [0.1, 0.15) is 32.4 Å². The van der Waals surface area contributed by atoms with Crippen LogP contribution in [0.4, 0.5) is 0 Å².